The number of hydrogen-bond donors (Lipinski definition) is 1. The molecule has 0 bridgehead atoms. The van der Waals surface area contributed by atoms with Crippen molar-refractivity contribution in [1.82, 2.24) is 5.32 Å². The molecule has 5 heteroatoms. The third kappa shape index (κ3) is 5.62. The maximum atomic E-state index is 12.2. The fraction of sp³-hybridized carbons (Fsp3) is 0.278. The van der Waals surface area contributed by atoms with Crippen LogP contribution in [0, 0.1) is 6.92 Å². The number of hydrogen-bond acceptors (Lipinski definition) is 3. The molecule has 4 nitrogen and oxygen atoms in total. The predicted molar refractivity (Wildman–Crippen MR) is 91.5 cm³/mol. The van der Waals surface area contributed by atoms with E-state index in [1.165, 1.54) is 0 Å². The average molecular weight is 331 g/mol. The summed E-state index contributed by atoms with van der Waals surface area (Å²) in [6.07, 6.45) is 0. The molecule has 1 atom stereocenters. The summed E-state index contributed by atoms with van der Waals surface area (Å²) in [6, 6.07) is 15.3. The lowest BCUT2D eigenvalue weighted by molar-refractivity contribution is -0.118. The standard InChI is InChI=1S/C18H21NO3S/c1-14-4-3-5-17(10-14)23(21)13-18(20)19-11-15-6-8-16(9-7-15)12-22-2/h3-10H,11-13H2,1-2H3,(H,19,20)/t23-/m1/s1. The van der Waals surface area contributed by atoms with Gasteiger partial charge in [0.05, 0.1) is 17.4 Å². The van der Waals surface area contributed by atoms with Crippen LogP contribution in [0.15, 0.2) is 53.4 Å². The fourth-order valence-corrected chi connectivity index (χ4v) is 3.19. The molecule has 2 rings (SSSR count). The number of nitrogens with one attached hydrogen (secondary N) is 1. The van der Waals surface area contributed by atoms with Crippen molar-refractivity contribution < 1.29 is 13.7 Å². The summed E-state index contributed by atoms with van der Waals surface area (Å²) in [4.78, 5) is 12.6. The zero-order chi connectivity index (χ0) is 16.7. The highest BCUT2D eigenvalue weighted by Gasteiger charge is 2.10. The molecule has 0 aromatic heterocycles. The summed E-state index contributed by atoms with van der Waals surface area (Å²) in [6.45, 7) is 2.94. The molecular weight excluding hydrogens is 310 g/mol. The molecule has 0 spiro atoms. The van der Waals surface area contributed by atoms with Crippen LogP contribution < -0.4 is 5.32 Å². The van der Waals surface area contributed by atoms with Crippen LogP contribution in [0.2, 0.25) is 0 Å². The Morgan fingerprint density at radius 3 is 2.48 bits per heavy atom. The minimum Gasteiger partial charge on any atom is -0.380 e. The highest BCUT2D eigenvalue weighted by molar-refractivity contribution is 7.85. The molecule has 2 aromatic rings. The Hall–Kier alpha value is -1.98. The number of aryl methyl sites for hydroxylation is 1. The first-order valence-electron chi connectivity index (χ1n) is 7.37. The molecule has 0 unspecified atom stereocenters. The highest BCUT2D eigenvalue weighted by Crippen LogP contribution is 2.09. The van der Waals surface area contributed by atoms with Gasteiger partial charge in [-0.1, -0.05) is 36.4 Å². The first kappa shape index (κ1) is 17.4. The Labute approximate surface area is 139 Å². The van der Waals surface area contributed by atoms with Crippen molar-refractivity contribution >= 4 is 16.7 Å². The van der Waals surface area contributed by atoms with Crippen LogP contribution in [0.4, 0.5) is 0 Å². The van der Waals surface area contributed by atoms with Gasteiger partial charge in [-0.3, -0.25) is 9.00 Å². The van der Waals surface area contributed by atoms with E-state index >= 15 is 0 Å². The molecule has 122 valence electrons. The number of carbonyl (C=O) groups excluding carboxylic acids is 1. The van der Waals surface area contributed by atoms with Crippen LogP contribution in [0.3, 0.4) is 0 Å². The molecule has 0 aliphatic heterocycles. The zero-order valence-corrected chi connectivity index (χ0v) is 14.2. The molecule has 0 heterocycles. The summed E-state index contributed by atoms with van der Waals surface area (Å²) in [5, 5.41) is 2.80. The number of ether oxygens (including phenoxy) is 1. The summed E-state index contributed by atoms with van der Waals surface area (Å²) >= 11 is 0. The second-order valence-corrected chi connectivity index (χ2v) is 6.78. The summed E-state index contributed by atoms with van der Waals surface area (Å²) in [5.41, 5.74) is 3.12. The van der Waals surface area contributed by atoms with Crippen molar-refractivity contribution in [1.29, 1.82) is 0 Å². The Morgan fingerprint density at radius 2 is 1.83 bits per heavy atom. The van der Waals surface area contributed by atoms with E-state index in [-0.39, 0.29) is 11.7 Å². The van der Waals surface area contributed by atoms with Gasteiger partial charge in [0.2, 0.25) is 5.91 Å². The minimum atomic E-state index is -1.32. The van der Waals surface area contributed by atoms with Crippen molar-refractivity contribution in [2.45, 2.75) is 25.0 Å². The van der Waals surface area contributed by atoms with Gasteiger partial charge in [-0.25, -0.2) is 0 Å². The van der Waals surface area contributed by atoms with Crippen LogP contribution in [0.5, 0.6) is 0 Å². The lowest BCUT2D eigenvalue weighted by atomic mass is 10.1. The SMILES string of the molecule is COCc1ccc(CNC(=O)C[S@@](=O)c2cccc(C)c2)cc1. The number of benzene rings is 2. The quantitative estimate of drug-likeness (QED) is 0.848. The zero-order valence-electron chi connectivity index (χ0n) is 13.4. The van der Waals surface area contributed by atoms with Gasteiger partial charge in [0.25, 0.3) is 0 Å². The lowest BCUT2D eigenvalue weighted by Gasteiger charge is -2.07. The van der Waals surface area contributed by atoms with Crippen LogP contribution in [0.25, 0.3) is 0 Å². The number of amides is 1. The maximum absolute atomic E-state index is 12.2. The lowest BCUT2D eigenvalue weighted by Crippen LogP contribution is -2.27. The largest absolute Gasteiger partial charge is 0.380 e. The van der Waals surface area contributed by atoms with Gasteiger partial charge >= 0.3 is 0 Å². The van der Waals surface area contributed by atoms with Crippen LogP contribution in [-0.2, 0) is 33.5 Å². The predicted octanol–water partition coefficient (Wildman–Crippen LogP) is 2.57. The second kappa shape index (κ2) is 8.60. The monoisotopic (exact) mass is 331 g/mol. The van der Waals surface area contributed by atoms with Gasteiger partial charge in [0.15, 0.2) is 0 Å². The first-order valence-corrected chi connectivity index (χ1v) is 8.69. The molecular formula is C18H21NO3S. The molecule has 0 fully saturated rings. The molecule has 2 aromatic carbocycles. The molecule has 0 aliphatic rings. The second-order valence-electron chi connectivity index (χ2n) is 5.33. The van der Waals surface area contributed by atoms with Gasteiger partial charge in [-0.15, -0.1) is 0 Å². The van der Waals surface area contributed by atoms with Gasteiger partial charge in [0.1, 0.15) is 5.75 Å². The van der Waals surface area contributed by atoms with Crippen LogP contribution in [-0.4, -0.2) is 23.0 Å². The smallest absolute Gasteiger partial charge is 0.233 e. The van der Waals surface area contributed by atoms with E-state index in [2.05, 4.69) is 5.32 Å². The van der Waals surface area contributed by atoms with Gasteiger partial charge < -0.3 is 10.1 Å². The van der Waals surface area contributed by atoms with Gasteiger partial charge in [-0.05, 0) is 35.7 Å². The van der Waals surface area contributed by atoms with Crippen molar-refractivity contribution in [3.05, 3.63) is 65.2 Å². The van der Waals surface area contributed by atoms with Crippen molar-refractivity contribution in [2.24, 2.45) is 0 Å². The molecule has 0 saturated carbocycles. The molecule has 0 aliphatic carbocycles. The number of methoxy groups -OCH3 is 1. The van der Waals surface area contributed by atoms with Gasteiger partial charge in [0, 0.05) is 18.6 Å². The third-order valence-corrected chi connectivity index (χ3v) is 4.64. The van der Waals surface area contributed by atoms with E-state index in [0.29, 0.717) is 18.0 Å². The molecule has 1 N–H and O–H groups in total. The normalized spacial score (nSPS) is 11.9. The van der Waals surface area contributed by atoms with Crippen LogP contribution >= 0.6 is 0 Å². The summed E-state index contributed by atoms with van der Waals surface area (Å²) < 4.78 is 17.2. The van der Waals surface area contributed by atoms with E-state index < -0.39 is 10.8 Å². The maximum Gasteiger partial charge on any atom is 0.233 e. The summed E-state index contributed by atoms with van der Waals surface area (Å²) in [5.74, 6) is -0.239. The van der Waals surface area contributed by atoms with E-state index in [1.54, 1.807) is 13.2 Å². The Morgan fingerprint density at radius 1 is 1.13 bits per heavy atom. The molecule has 0 radical (unpaired) electrons. The fourth-order valence-electron chi connectivity index (χ4n) is 2.13. The highest BCUT2D eigenvalue weighted by atomic mass is 32.2. The molecule has 1 amide bonds. The average Bonchev–Trinajstić information content (AvgIpc) is 2.54. The topological polar surface area (TPSA) is 55.4 Å². The third-order valence-electron chi connectivity index (χ3n) is 3.34. The molecule has 0 saturated heterocycles. The Bertz CT molecular complexity index is 683. The van der Waals surface area contributed by atoms with E-state index in [1.807, 2.05) is 49.4 Å². The minimum absolute atomic E-state index is 0.0226. The first-order chi connectivity index (χ1) is 11.1. The van der Waals surface area contributed by atoms with Crippen molar-refractivity contribution in [2.75, 3.05) is 12.9 Å². The summed E-state index contributed by atoms with van der Waals surface area (Å²) in [7, 11) is 0.339. The number of carbonyl (C=O) groups is 1. The molecule has 23 heavy (non-hydrogen) atoms. The van der Waals surface area contributed by atoms with Crippen molar-refractivity contribution in [3.63, 3.8) is 0 Å². The van der Waals surface area contributed by atoms with Crippen molar-refractivity contribution in [3.8, 4) is 0 Å². The van der Waals surface area contributed by atoms with E-state index in [4.69, 9.17) is 4.74 Å². The van der Waals surface area contributed by atoms with E-state index in [0.717, 1.165) is 16.7 Å². The van der Waals surface area contributed by atoms with Gasteiger partial charge in [-0.2, -0.15) is 0 Å². The Balaban J connectivity index is 1.84. The Kier molecular flexibility index (Phi) is 6.50. The number of rotatable bonds is 7. The van der Waals surface area contributed by atoms with E-state index in [9.17, 15) is 9.00 Å². The van der Waals surface area contributed by atoms with Crippen LogP contribution in [0.1, 0.15) is 16.7 Å².